The molecule has 0 aliphatic carbocycles. The molecule has 0 aromatic carbocycles. The number of anilines is 1. The molecule has 0 aliphatic heterocycles. The number of hydrogen-bond donors (Lipinski definition) is 1. The topological polar surface area (TPSA) is 77.6 Å². The Balaban J connectivity index is 0.000000355. The van der Waals surface area contributed by atoms with Gasteiger partial charge in [0.2, 0.25) is 0 Å². The highest BCUT2D eigenvalue weighted by molar-refractivity contribution is 5.28. The van der Waals surface area contributed by atoms with Gasteiger partial charge in [0.25, 0.3) is 0 Å². The summed E-state index contributed by atoms with van der Waals surface area (Å²) < 4.78 is 12.5. The maximum Gasteiger partial charge on any atom is 0.144 e. The Morgan fingerprint density at radius 1 is 0.731 bits per heavy atom. The molecule has 2 N–H and O–H groups in total. The Morgan fingerprint density at radius 2 is 1.27 bits per heavy atom. The summed E-state index contributed by atoms with van der Waals surface area (Å²) in [6.07, 6.45) is 7.01. The van der Waals surface area contributed by atoms with E-state index in [2.05, 4.69) is 19.9 Å². The summed E-state index contributed by atoms with van der Waals surface area (Å²) in [5.74, 6) is 1.18. The van der Waals surface area contributed by atoms with Gasteiger partial charge in [-0.25, -0.2) is 19.3 Å². The van der Waals surface area contributed by atoms with Gasteiger partial charge in [-0.3, -0.25) is 4.98 Å². The number of hydrogen-bond acceptors (Lipinski definition) is 5. The summed E-state index contributed by atoms with van der Waals surface area (Å²) in [4.78, 5) is 15.6. The fraction of sp³-hybridized carbons (Fsp3) is 0.300. The minimum Gasteiger partial charge on any atom is -0.384 e. The Morgan fingerprint density at radius 3 is 1.65 bits per heavy atom. The average molecular weight is 357 g/mol. The lowest BCUT2D eigenvalue weighted by molar-refractivity contribution is 0.608. The molecule has 3 heterocycles. The molecule has 0 saturated carbocycles. The number of nitrogen functional groups attached to an aromatic ring is 1. The predicted molar refractivity (Wildman–Crippen MR) is 105 cm³/mol. The lowest BCUT2D eigenvalue weighted by Crippen LogP contribution is -1.87. The molecule has 0 fully saturated rings. The molecule has 0 amide bonds. The zero-order valence-corrected chi connectivity index (χ0v) is 15.3. The van der Waals surface area contributed by atoms with Gasteiger partial charge < -0.3 is 5.73 Å². The minimum absolute atomic E-state index is 0. The molecule has 0 spiro atoms. The molecule has 5 nitrogen and oxygen atoms in total. The van der Waals surface area contributed by atoms with Crippen molar-refractivity contribution in [1.29, 1.82) is 0 Å². The normalized spacial score (nSPS) is 9.00. The minimum atomic E-state index is -0.227. The molecule has 0 unspecified atom stereocenters. The van der Waals surface area contributed by atoms with Crippen LogP contribution in [0.2, 0.25) is 0 Å². The molecule has 26 heavy (non-hydrogen) atoms. The van der Waals surface area contributed by atoms with E-state index in [1.807, 2.05) is 46.2 Å². The van der Waals surface area contributed by atoms with Gasteiger partial charge in [0.05, 0.1) is 5.69 Å². The quantitative estimate of drug-likeness (QED) is 0.639. The van der Waals surface area contributed by atoms with Crippen molar-refractivity contribution in [1.82, 2.24) is 19.9 Å². The van der Waals surface area contributed by atoms with Crippen LogP contribution in [0.1, 0.15) is 35.6 Å². The van der Waals surface area contributed by atoms with Crippen molar-refractivity contribution in [2.75, 3.05) is 5.73 Å². The Hall–Kier alpha value is -2.89. The molecule has 3 rings (SSSR count). The van der Waals surface area contributed by atoms with Crippen molar-refractivity contribution in [3.63, 3.8) is 0 Å². The van der Waals surface area contributed by atoms with E-state index >= 15 is 0 Å². The third-order valence-electron chi connectivity index (χ3n) is 3.01. The number of rotatable bonds is 0. The van der Waals surface area contributed by atoms with Crippen molar-refractivity contribution in [3.05, 3.63) is 77.0 Å². The van der Waals surface area contributed by atoms with Crippen molar-refractivity contribution in [3.8, 4) is 0 Å². The van der Waals surface area contributed by atoms with E-state index in [4.69, 9.17) is 5.73 Å². The van der Waals surface area contributed by atoms with Crippen LogP contribution in [0.15, 0.2) is 43.0 Å². The first kappa shape index (κ1) is 23.1. The van der Waals surface area contributed by atoms with Gasteiger partial charge >= 0.3 is 0 Å². The SMILES string of the molecule is C.Cc1ccc(N)nc1.Cc1cnc(C)c(F)c1.Cc1cnc(C)nc1. The highest BCUT2D eigenvalue weighted by atomic mass is 19.1. The number of halogens is 1. The van der Waals surface area contributed by atoms with Gasteiger partial charge in [0.15, 0.2) is 0 Å². The van der Waals surface area contributed by atoms with Gasteiger partial charge in [-0.15, -0.1) is 0 Å². The predicted octanol–water partition coefficient (Wildman–Crippen LogP) is 4.54. The summed E-state index contributed by atoms with van der Waals surface area (Å²) in [6, 6.07) is 5.19. The van der Waals surface area contributed by atoms with E-state index < -0.39 is 0 Å². The Bertz CT molecular complexity index is 686. The average Bonchev–Trinajstić information content (AvgIpc) is 2.58. The zero-order valence-electron chi connectivity index (χ0n) is 15.3. The molecular weight excluding hydrogens is 329 g/mol. The third kappa shape index (κ3) is 9.42. The maximum absolute atomic E-state index is 12.5. The molecule has 0 radical (unpaired) electrons. The van der Waals surface area contributed by atoms with Crippen molar-refractivity contribution in [2.45, 2.75) is 42.0 Å². The van der Waals surface area contributed by atoms with Crippen LogP contribution in [0.3, 0.4) is 0 Å². The lowest BCUT2D eigenvalue weighted by atomic mass is 10.3. The molecule has 3 aromatic heterocycles. The van der Waals surface area contributed by atoms with Gasteiger partial charge in [-0.2, -0.15) is 0 Å². The molecule has 6 heteroatoms. The van der Waals surface area contributed by atoms with E-state index in [1.165, 1.54) is 6.07 Å². The first-order valence-corrected chi connectivity index (χ1v) is 7.80. The molecule has 3 aromatic rings. The second kappa shape index (κ2) is 11.6. The van der Waals surface area contributed by atoms with Gasteiger partial charge in [0, 0.05) is 24.8 Å². The van der Waals surface area contributed by atoms with Gasteiger partial charge in [-0.1, -0.05) is 13.5 Å². The van der Waals surface area contributed by atoms with Crippen molar-refractivity contribution in [2.24, 2.45) is 0 Å². The highest BCUT2D eigenvalue weighted by Gasteiger charge is 1.95. The molecule has 0 aliphatic rings. The van der Waals surface area contributed by atoms with Crippen LogP contribution in [-0.4, -0.2) is 19.9 Å². The summed E-state index contributed by atoms with van der Waals surface area (Å²) in [6.45, 7) is 9.29. The number of nitrogens with two attached hydrogens (primary N) is 1. The van der Waals surface area contributed by atoms with Crippen LogP contribution in [-0.2, 0) is 0 Å². The second-order valence-corrected chi connectivity index (χ2v) is 5.65. The maximum atomic E-state index is 12.5. The molecule has 0 bridgehead atoms. The molecule has 140 valence electrons. The fourth-order valence-corrected chi connectivity index (χ4v) is 1.54. The smallest absolute Gasteiger partial charge is 0.144 e. The van der Waals surface area contributed by atoms with Gasteiger partial charge in [0.1, 0.15) is 17.5 Å². The first-order valence-electron chi connectivity index (χ1n) is 7.80. The Labute approximate surface area is 155 Å². The number of aromatic nitrogens is 4. The van der Waals surface area contributed by atoms with Crippen molar-refractivity contribution >= 4 is 5.82 Å². The van der Waals surface area contributed by atoms with Crippen LogP contribution in [0.5, 0.6) is 0 Å². The van der Waals surface area contributed by atoms with Crippen LogP contribution < -0.4 is 5.73 Å². The summed E-state index contributed by atoms with van der Waals surface area (Å²) in [5, 5.41) is 0. The first-order chi connectivity index (χ1) is 11.8. The standard InChI is InChI=1S/C7H8FN.2C6H8N2.CH4/c1-5-3-7(8)6(2)9-4-5;1-5-3-7-6(2)8-4-5;1-5-2-3-6(7)8-4-5;/h3-4H,1-2H3;3-4H,1-2H3;2-4H,1H3,(H2,7,8);1H4. The van der Waals surface area contributed by atoms with E-state index in [0.717, 1.165) is 22.5 Å². The van der Waals surface area contributed by atoms with E-state index in [0.29, 0.717) is 11.5 Å². The van der Waals surface area contributed by atoms with E-state index in [9.17, 15) is 4.39 Å². The molecule has 0 atom stereocenters. The third-order valence-corrected chi connectivity index (χ3v) is 3.01. The van der Waals surface area contributed by atoms with Crippen molar-refractivity contribution < 1.29 is 4.39 Å². The lowest BCUT2D eigenvalue weighted by Gasteiger charge is -1.93. The number of pyridine rings is 2. The highest BCUT2D eigenvalue weighted by Crippen LogP contribution is 2.03. The largest absolute Gasteiger partial charge is 0.384 e. The van der Waals surface area contributed by atoms with Crippen LogP contribution in [0.25, 0.3) is 0 Å². The van der Waals surface area contributed by atoms with Gasteiger partial charge in [-0.05, 0) is 63.4 Å². The summed E-state index contributed by atoms with van der Waals surface area (Å²) in [7, 11) is 0. The van der Waals surface area contributed by atoms with E-state index in [1.54, 1.807) is 25.4 Å². The number of aryl methyl sites for hydroxylation is 5. The Kier molecular flexibility index (Phi) is 10.3. The number of nitrogens with zero attached hydrogens (tertiary/aromatic N) is 4. The summed E-state index contributed by atoms with van der Waals surface area (Å²) >= 11 is 0. The molecule has 0 saturated heterocycles. The second-order valence-electron chi connectivity index (χ2n) is 5.65. The van der Waals surface area contributed by atoms with E-state index in [-0.39, 0.29) is 13.2 Å². The monoisotopic (exact) mass is 357 g/mol. The van der Waals surface area contributed by atoms with Crippen LogP contribution >= 0.6 is 0 Å². The summed E-state index contributed by atoms with van der Waals surface area (Å²) in [5.41, 5.74) is 8.88. The zero-order chi connectivity index (χ0) is 18.8. The van der Waals surface area contributed by atoms with Crippen LogP contribution in [0, 0.1) is 40.4 Å². The molecular formula is C20H28FN5. The fourth-order valence-electron chi connectivity index (χ4n) is 1.54. The van der Waals surface area contributed by atoms with Crippen LogP contribution in [0.4, 0.5) is 10.2 Å².